The van der Waals surface area contributed by atoms with Gasteiger partial charge in [0.05, 0.1) is 11.2 Å². The van der Waals surface area contributed by atoms with Crippen LogP contribution in [-0.2, 0) is 0 Å². The monoisotopic (exact) mass is 391 g/mol. The molecule has 1 aromatic heterocycles. The van der Waals surface area contributed by atoms with Crippen LogP contribution in [0.3, 0.4) is 0 Å². The normalized spacial score (nSPS) is 10.8. The number of nitrogens with zero attached hydrogens (tertiary/aromatic N) is 1. The van der Waals surface area contributed by atoms with Crippen LogP contribution in [0.25, 0.3) is 33.3 Å². The van der Waals surface area contributed by atoms with Crippen LogP contribution in [0.2, 0.25) is 0 Å². The third-order valence-corrected chi connectivity index (χ3v) is 4.96. The van der Waals surface area contributed by atoms with Gasteiger partial charge in [0.15, 0.2) is 0 Å². The van der Waals surface area contributed by atoms with E-state index in [4.69, 9.17) is 9.72 Å². The highest BCUT2D eigenvalue weighted by Gasteiger charge is 2.11. The number of rotatable bonds is 4. The van der Waals surface area contributed by atoms with Crippen LogP contribution in [0.15, 0.2) is 109 Å². The molecule has 1 heterocycles. The van der Waals surface area contributed by atoms with E-state index < -0.39 is 0 Å². The smallest absolute Gasteiger partial charge is 0.128 e. The van der Waals surface area contributed by atoms with Crippen molar-refractivity contribution in [3.8, 4) is 33.9 Å². The second-order valence-electron chi connectivity index (χ2n) is 7.03. The zero-order valence-corrected chi connectivity index (χ0v) is 16.1. The van der Waals surface area contributed by atoms with Crippen LogP contribution < -0.4 is 4.74 Å². The Bertz CT molecular complexity index is 1320. The van der Waals surface area contributed by atoms with E-state index in [0.29, 0.717) is 0 Å². The van der Waals surface area contributed by atoms with E-state index in [1.807, 2.05) is 91.0 Å². The maximum atomic E-state index is 14.0. The molecule has 30 heavy (non-hydrogen) atoms. The van der Waals surface area contributed by atoms with E-state index in [2.05, 4.69) is 0 Å². The standard InChI is InChI=1S/C27H18FNO/c28-21-14-15-26-25(17-21)24(19-8-3-1-4-9-19)18-27(29-26)20-10-7-13-23(16-20)30-22-11-5-2-6-12-22/h1-18H. The van der Waals surface area contributed by atoms with Crippen molar-refractivity contribution in [2.45, 2.75) is 0 Å². The fraction of sp³-hybridized carbons (Fsp3) is 0. The first-order chi connectivity index (χ1) is 14.8. The van der Waals surface area contributed by atoms with Gasteiger partial charge in [0.2, 0.25) is 0 Å². The Hall–Kier alpha value is -3.98. The van der Waals surface area contributed by atoms with Gasteiger partial charge in [0.25, 0.3) is 0 Å². The SMILES string of the molecule is Fc1ccc2nc(-c3cccc(Oc4ccccc4)c3)cc(-c3ccccc3)c2c1. The van der Waals surface area contributed by atoms with Crippen LogP contribution in [0.1, 0.15) is 0 Å². The molecule has 0 aliphatic rings. The summed E-state index contributed by atoms with van der Waals surface area (Å²) in [5.74, 6) is 1.25. The minimum atomic E-state index is -0.271. The number of pyridine rings is 1. The van der Waals surface area contributed by atoms with Crippen molar-refractivity contribution in [1.82, 2.24) is 4.98 Å². The number of halogens is 1. The molecule has 0 amide bonds. The summed E-state index contributed by atoms with van der Waals surface area (Å²) in [6, 6.07) is 34.2. The van der Waals surface area contributed by atoms with Gasteiger partial charge in [-0.3, -0.25) is 0 Å². The lowest BCUT2D eigenvalue weighted by molar-refractivity contribution is 0.483. The highest BCUT2D eigenvalue weighted by atomic mass is 19.1. The van der Waals surface area contributed by atoms with Crippen molar-refractivity contribution >= 4 is 10.9 Å². The van der Waals surface area contributed by atoms with E-state index in [1.165, 1.54) is 6.07 Å². The molecule has 2 nitrogen and oxygen atoms in total. The van der Waals surface area contributed by atoms with Crippen LogP contribution in [0.5, 0.6) is 11.5 Å². The third kappa shape index (κ3) is 3.65. The Kier molecular flexibility index (Phi) is 4.70. The van der Waals surface area contributed by atoms with Crippen LogP contribution in [0, 0.1) is 5.82 Å². The molecule has 4 aromatic carbocycles. The fourth-order valence-electron chi connectivity index (χ4n) is 3.55. The lowest BCUT2D eigenvalue weighted by Crippen LogP contribution is -1.91. The quantitative estimate of drug-likeness (QED) is 0.316. The molecule has 0 saturated carbocycles. The predicted octanol–water partition coefficient (Wildman–Crippen LogP) is 7.50. The fourth-order valence-corrected chi connectivity index (χ4v) is 3.55. The molecule has 0 atom stereocenters. The highest BCUT2D eigenvalue weighted by molar-refractivity contribution is 5.96. The van der Waals surface area contributed by atoms with Crippen molar-refractivity contribution in [1.29, 1.82) is 0 Å². The topological polar surface area (TPSA) is 22.1 Å². The molecule has 0 bridgehead atoms. The van der Waals surface area contributed by atoms with Gasteiger partial charge in [-0.25, -0.2) is 9.37 Å². The first-order valence-corrected chi connectivity index (χ1v) is 9.75. The number of fused-ring (bicyclic) bond motifs is 1. The lowest BCUT2D eigenvalue weighted by atomic mass is 9.98. The Morgan fingerprint density at radius 3 is 2.10 bits per heavy atom. The number of benzene rings is 4. The Balaban J connectivity index is 1.63. The van der Waals surface area contributed by atoms with Crippen molar-refractivity contribution in [3.63, 3.8) is 0 Å². The number of hydrogen-bond donors (Lipinski definition) is 0. The molecule has 0 fully saturated rings. The molecule has 5 rings (SSSR count). The van der Waals surface area contributed by atoms with Gasteiger partial charge >= 0.3 is 0 Å². The summed E-state index contributed by atoms with van der Waals surface area (Å²) in [5.41, 5.74) is 4.47. The number of aromatic nitrogens is 1. The Morgan fingerprint density at radius 1 is 0.600 bits per heavy atom. The first-order valence-electron chi connectivity index (χ1n) is 9.75. The highest BCUT2D eigenvalue weighted by Crippen LogP contribution is 2.34. The molecule has 3 heteroatoms. The van der Waals surface area contributed by atoms with Crippen molar-refractivity contribution < 1.29 is 9.13 Å². The maximum absolute atomic E-state index is 14.0. The Morgan fingerprint density at radius 2 is 1.30 bits per heavy atom. The molecule has 0 saturated heterocycles. The molecular weight excluding hydrogens is 373 g/mol. The van der Waals surface area contributed by atoms with Gasteiger partial charge in [-0.15, -0.1) is 0 Å². The zero-order chi connectivity index (χ0) is 20.3. The second kappa shape index (κ2) is 7.80. The van der Waals surface area contributed by atoms with Crippen LogP contribution in [0.4, 0.5) is 4.39 Å². The zero-order valence-electron chi connectivity index (χ0n) is 16.1. The van der Waals surface area contributed by atoms with Gasteiger partial charge in [0, 0.05) is 10.9 Å². The van der Waals surface area contributed by atoms with E-state index in [-0.39, 0.29) is 5.82 Å². The minimum absolute atomic E-state index is 0.271. The van der Waals surface area contributed by atoms with Gasteiger partial charge in [-0.05, 0) is 59.7 Å². The van der Waals surface area contributed by atoms with E-state index in [0.717, 1.165) is 44.8 Å². The van der Waals surface area contributed by atoms with E-state index in [9.17, 15) is 4.39 Å². The third-order valence-electron chi connectivity index (χ3n) is 4.96. The summed E-state index contributed by atoms with van der Waals surface area (Å²) in [6.07, 6.45) is 0. The van der Waals surface area contributed by atoms with Gasteiger partial charge in [0.1, 0.15) is 17.3 Å². The summed E-state index contributed by atoms with van der Waals surface area (Å²) < 4.78 is 20.0. The lowest BCUT2D eigenvalue weighted by Gasteiger charge is -2.12. The molecular formula is C27H18FNO. The predicted molar refractivity (Wildman–Crippen MR) is 119 cm³/mol. The summed E-state index contributed by atoms with van der Waals surface area (Å²) in [6.45, 7) is 0. The number of ether oxygens (including phenoxy) is 1. The summed E-state index contributed by atoms with van der Waals surface area (Å²) in [7, 11) is 0. The molecule has 0 radical (unpaired) electrons. The van der Waals surface area contributed by atoms with Crippen molar-refractivity contribution in [2.75, 3.05) is 0 Å². The summed E-state index contributed by atoms with van der Waals surface area (Å²) in [4.78, 5) is 4.80. The molecule has 0 aliphatic carbocycles. The second-order valence-corrected chi connectivity index (χ2v) is 7.03. The molecule has 0 unspecified atom stereocenters. The van der Waals surface area contributed by atoms with Gasteiger partial charge in [-0.2, -0.15) is 0 Å². The first kappa shape index (κ1) is 18.1. The van der Waals surface area contributed by atoms with Crippen molar-refractivity contribution in [2.24, 2.45) is 0 Å². The van der Waals surface area contributed by atoms with Crippen LogP contribution >= 0.6 is 0 Å². The van der Waals surface area contributed by atoms with Gasteiger partial charge < -0.3 is 4.74 Å². The average molecular weight is 391 g/mol. The number of hydrogen-bond acceptors (Lipinski definition) is 2. The van der Waals surface area contributed by atoms with Crippen LogP contribution in [-0.4, -0.2) is 4.98 Å². The van der Waals surface area contributed by atoms with E-state index in [1.54, 1.807) is 12.1 Å². The Labute approximate surface area is 174 Å². The summed E-state index contributed by atoms with van der Waals surface area (Å²) in [5, 5.41) is 0.793. The largest absolute Gasteiger partial charge is 0.457 e. The summed E-state index contributed by atoms with van der Waals surface area (Å²) >= 11 is 0. The molecule has 5 aromatic rings. The van der Waals surface area contributed by atoms with E-state index >= 15 is 0 Å². The number of para-hydroxylation sites is 1. The van der Waals surface area contributed by atoms with Gasteiger partial charge in [-0.1, -0.05) is 60.7 Å². The average Bonchev–Trinajstić information content (AvgIpc) is 2.80. The molecule has 0 aliphatic heterocycles. The maximum Gasteiger partial charge on any atom is 0.128 e. The minimum Gasteiger partial charge on any atom is -0.457 e. The molecule has 0 N–H and O–H groups in total. The molecule has 144 valence electrons. The molecule has 0 spiro atoms. The van der Waals surface area contributed by atoms with Crippen molar-refractivity contribution in [3.05, 3.63) is 115 Å².